The molecule has 0 bridgehead atoms. The van der Waals surface area contributed by atoms with Gasteiger partial charge in [0.05, 0.1) is 6.61 Å². The highest BCUT2D eigenvalue weighted by molar-refractivity contribution is 6.85. The second kappa shape index (κ2) is 10.7. The van der Waals surface area contributed by atoms with E-state index in [1.807, 2.05) is 6.07 Å². The van der Waals surface area contributed by atoms with Crippen LogP contribution >= 0.6 is 0 Å². The van der Waals surface area contributed by atoms with Crippen LogP contribution in [0.5, 0.6) is 0 Å². The number of hydrogen-bond donors (Lipinski definition) is 0. The van der Waals surface area contributed by atoms with Crippen molar-refractivity contribution >= 4 is 19.2 Å². The summed E-state index contributed by atoms with van der Waals surface area (Å²) in [6.07, 6.45) is 3.65. The predicted molar refractivity (Wildman–Crippen MR) is 113 cm³/mol. The first-order valence-corrected chi connectivity index (χ1v) is 11.2. The van der Waals surface area contributed by atoms with Crippen LogP contribution in [0.1, 0.15) is 24.8 Å². The Labute approximate surface area is 159 Å². The van der Waals surface area contributed by atoms with Crippen LogP contribution in [0.25, 0.3) is 0 Å². The van der Waals surface area contributed by atoms with Crippen molar-refractivity contribution in [1.82, 2.24) is 0 Å². The largest absolute Gasteiger partial charge is 0.377 e. The highest BCUT2D eigenvalue weighted by Crippen LogP contribution is 2.08. The van der Waals surface area contributed by atoms with E-state index < -0.39 is 8.80 Å². The van der Waals surface area contributed by atoms with Gasteiger partial charge in [0.25, 0.3) is 0 Å². The summed E-state index contributed by atoms with van der Waals surface area (Å²) in [4.78, 5) is 0. The molecule has 0 fully saturated rings. The van der Waals surface area contributed by atoms with Gasteiger partial charge in [0.15, 0.2) is 0 Å². The van der Waals surface area contributed by atoms with Crippen LogP contribution < -0.4 is 10.4 Å². The maximum Gasteiger partial charge on any atom is 0.121 e. The van der Waals surface area contributed by atoms with E-state index in [4.69, 9.17) is 4.74 Å². The molecule has 1 nitrogen and oxygen atoms in total. The van der Waals surface area contributed by atoms with Crippen LogP contribution in [-0.4, -0.2) is 15.4 Å². The van der Waals surface area contributed by atoms with E-state index in [0.717, 1.165) is 19.6 Å². The fourth-order valence-corrected chi connectivity index (χ4v) is 5.88. The van der Waals surface area contributed by atoms with Crippen LogP contribution in [0, 0.1) is 0 Å². The van der Waals surface area contributed by atoms with E-state index in [2.05, 4.69) is 84.9 Å². The fraction of sp³-hybridized carbons (Fsp3) is 0.250. The molecule has 3 rings (SSSR count). The summed E-state index contributed by atoms with van der Waals surface area (Å²) in [5.41, 5.74) is 1.26. The van der Waals surface area contributed by atoms with Crippen molar-refractivity contribution in [3.05, 3.63) is 96.6 Å². The third-order valence-corrected chi connectivity index (χ3v) is 7.49. The van der Waals surface area contributed by atoms with Gasteiger partial charge in [0.1, 0.15) is 8.80 Å². The van der Waals surface area contributed by atoms with Gasteiger partial charge in [-0.25, -0.2) is 0 Å². The van der Waals surface area contributed by atoms with Crippen molar-refractivity contribution in [3.63, 3.8) is 0 Å². The molecule has 0 aliphatic rings. The molecule has 0 spiro atoms. The molecule has 3 aromatic carbocycles. The van der Waals surface area contributed by atoms with Crippen molar-refractivity contribution in [2.45, 2.75) is 31.9 Å². The average molecular weight is 360 g/mol. The molecule has 133 valence electrons. The molecule has 0 aliphatic carbocycles. The summed E-state index contributed by atoms with van der Waals surface area (Å²) in [5.74, 6) is 0. The van der Waals surface area contributed by atoms with Gasteiger partial charge in [-0.2, -0.15) is 0 Å². The first-order valence-electron chi connectivity index (χ1n) is 9.52. The van der Waals surface area contributed by atoms with Crippen molar-refractivity contribution in [2.75, 3.05) is 6.61 Å². The number of benzene rings is 3. The third kappa shape index (κ3) is 5.97. The summed E-state index contributed by atoms with van der Waals surface area (Å²) in [7, 11) is -0.676. The van der Waals surface area contributed by atoms with E-state index in [9.17, 15) is 0 Å². The van der Waals surface area contributed by atoms with Gasteiger partial charge in [-0.15, -0.1) is 0 Å². The third-order valence-electron chi connectivity index (χ3n) is 4.57. The zero-order valence-corrected chi connectivity index (χ0v) is 16.3. The zero-order valence-electron chi connectivity index (χ0n) is 15.3. The van der Waals surface area contributed by atoms with Gasteiger partial charge < -0.3 is 4.74 Å². The van der Waals surface area contributed by atoms with E-state index in [1.165, 1.54) is 34.8 Å². The molecule has 0 saturated carbocycles. The standard InChI is InChI=1S/C24H27OSi/c1-5-13-22(14-6-1)21-25-19-11-4-12-20-26(23-15-7-2-8-16-23)24-17-9-3-10-18-24/h1-3,5-10,13-18H,4,11-12,19-21H2. The van der Waals surface area contributed by atoms with E-state index in [-0.39, 0.29) is 0 Å². The maximum atomic E-state index is 5.80. The van der Waals surface area contributed by atoms with E-state index >= 15 is 0 Å². The predicted octanol–water partition coefficient (Wildman–Crippen LogP) is 4.68. The first kappa shape index (κ1) is 18.6. The van der Waals surface area contributed by atoms with E-state index in [0.29, 0.717) is 0 Å². The van der Waals surface area contributed by atoms with Gasteiger partial charge in [-0.1, -0.05) is 120 Å². The molecule has 3 aromatic rings. The minimum atomic E-state index is -0.676. The Bertz CT molecular complexity index is 688. The number of rotatable bonds is 10. The van der Waals surface area contributed by atoms with Gasteiger partial charge in [0.2, 0.25) is 0 Å². The summed E-state index contributed by atoms with van der Waals surface area (Å²) >= 11 is 0. The molecule has 0 aromatic heterocycles. The zero-order chi connectivity index (χ0) is 17.9. The average Bonchev–Trinajstić information content (AvgIpc) is 2.72. The Morgan fingerprint density at radius 3 is 1.69 bits per heavy atom. The lowest BCUT2D eigenvalue weighted by Crippen LogP contribution is -2.41. The highest BCUT2D eigenvalue weighted by Gasteiger charge is 2.15. The van der Waals surface area contributed by atoms with Gasteiger partial charge in [0, 0.05) is 6.61 Å². The minimum Gasteiger partial charge on any atom is -0.377 e. The molecular formula is C24H27OSi. The maximum absolute atomic E-state index is 5.80. The van der Waals surface area contributed by atoms with Crippen LogP contribution in [0.2, 0.25) is 6.04 Å². The Balaban J connectivity index is 1.42. The Morgan fingerprint density at radius 2 is 1.12 bits per heavy atom. The molecule has 0 saturated heterocycles. The van der Waals surface area contributed by atoms with Crippen LogP contribution in [0.15, 0.2) is 91.0 Å². The van der Waals surface area contributed by atoms with E-state index in [1.54, 1.807) is 0 Å². The molecule has 0 N–H and O–H groups in total. The van der Waals surface area contributed by atoms with Crippen molar-refractivity contribution < 1.29 is 4.74 Å². The van der Waals surface area contributed by atoms with Gasteiger partial charge >= 0.3 is 0 Å². The topological polar surface area (TPSA) is 9.23 Å². The van der Waals surface area contributed by atoms with Gasteiger partial charge in [-0.05, 0) is 12.0 Å². The molecule has 0 aliphatic heterocycles. The van der Waals surface area contributed by atoms with Crippen LogP contribution in [0.4, 0.5) is 0 Å². The number of hydrogen-bond acceptors (Lipinski definition) is 1. The van der Waals surface area contributed by atoms with Crippen molar-refractivity contribution in [1.29, 1.82) is 0 Å². The van der Waals surface area contributed by atoms with Crippen LogP contribution in [0.3, 0.4) is 0 Å². The Kier molecular flexibility index (Phi) is 7.70. The van der Waals surface area contributed by atoms with Crippen molar-refractivity contribution in [2.24, 2.45) is 0 Å². The lowest BCUT2D eigenvalue weighted by molar-refractivity contribution is 0.117. The molecular weight excluding hydrogens is 332 g/mol. The number of ether oxygens (including phenoxy) is 1. The second-order valence-electron chi connectivity index (χ2n) is 6.56. The normalized spacial score (nSPS) is 11.0. The summed E-state index contributed by atoms with van der Waals surface area (Å²) in [6, 6.07) is 33.8. The lowest BCUT2D eigenvalue weighted by Gasteiger charge is -2.16. The first-order chi connectivity index (χ1) is 12.9. The minimum absolute atomic E-state index is 0.676. The molecule has 0 amide bonds. The van der Waals surface area contributed by atoms with Crippen molar-refractivity contribution in [3.8, 4) is 0 Å². The molecule has 0 atom stereocenters. The molecule has 26 heavy (non-hydrogen) atoms. The van der Waals surface area contributed by atoms with Gasteiger partial charge in [-0.3, -0.25) is 0 Å². The molecule has 2 heteroatoms. The lowest BCUT2D eigenvalue weighted by atomic mass is 10.2. The van der Waals surface area contributed by atoms with Crippen LogP contribution in [-0.2, 0) is 11.3 Å². The SMILES string of the molecule is c1ccc(COCCCCC[Si](c2ccccc2)c2ccccc2)cc1. The summed E-state index contributed by atoms with van der Waals surface area (Å²) < 4.78 is 5.80. The smallest absolute Gasteiger partial charge is 0.121 e. The number of unbranched alkanes of at least 4 members (excludes halogenated alkanes) is 2. The summed E-state index contributed by atoms with van der Waals surface area (Å²) in [6.45, 7) is 1.58. The Hall–Kier alpha value is -2.16. The fourth-order valence-electron chi connectivity index (χ4n) is 3.18. The second-order valence-corrected chi connectivity index (χ2v) is 9.17. The molecule has 1 radical (unpaired) electrons. The highest BCUT2D eigenvalue weighted by atomic mass is 28.3. The quantitative estimate of drug-likeness (QED) is 0.377. The summed E-state index contributed by atoms with van der Waals surface area (Å²) in [5, 5.41) is 3.04. The molecule has 0 heterocycles. The molecule has 0 unspecified atom stereocenters. The monoisotopic (exact) mass is 359 g/mol. The Morgan fingerprint density at radius 1 is 0.577 bits per heavy atom.